The Hall–Kier alpha value is -2.18. The number of nitrogens with one attached hydrogen (secondary N) is 1. The van der Waals surface area contributed by atoms with Gasteiger partial charge in [-0.2, -0.15) is 4.31 Å². The van der Waals surface area contributed by atoms with Gasteiger partial charge >= 0.3 is 0 Å². The largest absolute Gasteiger partial charge is 0.348 e. The van der Waals surface area contributed by atoms with E-state index in [9.17, 15) is 13.2 Å². The minimum atomic E-state index is -3.69. The molecule has 1 N–H and O–H groups in total. The lowest BCUT2D eigenvalue weighted by Crippen LogP contribution is -2.39. The van der Waals surface area contributed by atoms with Crippen molar-refractivity contribution in [1.82, 2.24) is 9.62 Å². The van der Waals surface area contributed by atoms with Crippen molar-refractivity contribution in [2.75, 3.05) is 13.6 Å². The highest BCUT2D eigenvalue weighted by Gasteiger charge is 2.23. The first kappa shape index (κ1) is 20.1. The molecule has 2 aromatic carbocycles. The van der Waals surface area contributed by atoms with Crippen molar-refractivity contribution in [3.63, 3.8) is 0 Å². The van der Waals surface area contributed by atoms with Crippen molar-refractivity contribution >= 4 is 15.9 Å². The Morgan fingerprint density at radius 3 is 2.23 bits per heavy atom. The molecule has 140 valence electrons. The van der Waals surface area contributed by atoms with E-state index >= 15 is 0 Å². The Morgan fingerprint density at radius 2 is 1.65 bits per heavy atom. The third-order valence-corrected chi connectivity index (χ3v) is 6.32. The summed E-state index contributed by atoms with van der Waals surface area (Å²) in [5.74, 6) is -0.339. The Morgan fingerprint density at radius 1 is 1.04 bits per heavy atom. The van der Waals surface area contributed by atoms with Gasteiger partial charge in [0.25, 0.3) is 0 Å². The van der Waals surface area contributed by atoms with Crippen LogP contribution in [0.5, 0.6) is 0 Å². The zero-order valence-electron chi connectivity index (χ0n) is 15.9. The summed E-state index contributed by atoms with van der Waals surface area (Å²) in [6, 6.07) is 12.4. The van der Waals surface area contributed by atoms with Crippen molar-refractivity contribution in [2.24, 2.45) is 0 Å². The van der Waals surface area contributed by atoms with Crippen LogP contribution in [-0.2, 0) is 14.8 Å². The summed E-state index contributed by atoms with van der Waals surface area (Å²) in [5.41, 5.74) is 4.32. The van der Waals surface area contributed by atoms with Crippen LogP contribution in [-0.4, -0.2) is 32.2 Å². The summed E-state index contributed by atoms with van der Waals surface area (Å²) in [4.78, 5) is 12.5. The molecular weight excluding hydrogens is 348 g/mol. The van der Waals surface area contributed by atoms with E-state index in [1.807, 2.05) is 45.9 Å². The molecule has 6 heteroatoms. The monoisotopic (exact) mass is 374 g/mol. The molecule has 0 bridgehead atoms. The van der Waals surface area contributed by atoms with Gasteiger partial charge in [0.2, 0.25) is 15.9 Å². The van der Waals surface area contributed by atoms with Gasteiger partial charge in [-0.15, -0.1) is 0 Å². The first-order valence-corrected chi connectivity index (χ1v) is 9.95. The van der Waals surface area contributed by atoms with Crippen molar-refractivity contribution in [3.05, 3.63) is 64.7 Å². The molecular formula is C20H26N2O3S. The first-order valence-electron chi connectivity index (χ1n) is 8.51. The van der Waals surface area contributed by atoms with Crippen LogP contribution in [0.25, 0.3) is 0 Å². The van der Waals surface area contributed by atoms with Gasteiger partial charge in [-0.3, -0.25) is 4.79 Å². The van der Waals surface area contributed by atoms with Gasteiger partial charge in [-0.1, -0.05) is 35.9 Å². The highest BCUT2D eigenvalue weighted by molar-refractivity contribution is 7.89. The summed E-state index contributed by atoms with van der Waals surface area (Å²) >= 11 is 0. The molecule has 1 amide bonds. The van der Waals surface area contributed by atoms with E-state index in [2.05, 4.69) is 5.32 Å². The maximum atomic E-state index is 12.6. The third kappa shape index (κ3) is 4.71. The standard InChI is InChI=1S/C20H26N2O3S/c1-14-6-10-19(11-7-14)26(24,25)22(5)13-20(23)21-17(4)18-9-8-15(2)16(3)12-18/h6-12,17H,13H2,1-5H3,(H,21,23). The second-order valence-electron chi connectivity index (χ2n) is 6.71. The Balaban J connectivity index is 2.04. The summed E-state index contributed by atoms with van der Waals surface area (Å²) < 4.78 is 26.2. The summed E-state index contributed by atoms with van der Waals surface area (Å²) in [7, 11) is -2.28. The molecule has 0 heterocycles. The predicted octanol–water partition coefficient (Wildman–Crippen LogP) is 3.11. The number of benzene rings is 2. The minimum Gasteiger partial charge on any atom is -0.348 e. The van der Waals surface area contributed by atoms with E-state index in [1.165, 1.54) is 12.6 Å². The second kappa shape index (κ2) is 8.01. The Bertz CT molecular complexity index is 890. The summed E-state index contributed by atoms with van der Waals surface area (Å²) in [5, 5.41) is 2.86. The van der Waals surface area contributed by atoms with Gasteiger partial charge in [0.1, 0.15) is 0 Å². The molecule has 26 heavy (non-hydrogen) atoms. The lowest BCUT2D eigenvalue weighted by Gasteiger charge is -2.20. The fourth-order valence-corrected chi connectivity index (χ4v) is 3.71. The molecule has 0 fully saturated rings. The SMILES string of the molecule is Cc1ccc(S(=O)(=O)N(C)CC(=O)NC(C)c2ccc(C)c(C)c2)cc1. The molecule has 0 aliphatic rings. The van der Waals surface area contributed by atoms with Gasteiger partial charge in [-0.05, 0) is 56.5 Å². The minimum absolute atomic E-state index is 0.181. The number of sulfonamides is 1. The average molecular weight is 375 g/mol. The fourth-order valence-electron chi connectivity index (χ4n) is 2.58. The van der Waals surface area contributed by atoms with Crippen LogP contribution in [0.4, 0.5) is 0 Å². The van der Waals surface area contributed by atoms with Crippen LogP contribution >= 0.6 is 0 Å². The van der Waals surface area contributed by atoms with Crippen molar-refractivity contribution in [1.29, 1.82) is 0 Å². The number of hydrogen-bond donors (Lipinski definition) is 1. The number of likely N-dealkylation sites (N-methyl/N-ethyl adjacent to an activating group) is 1. The van der Waals surface area contributed by atoms with E-state index < -0.39 is 10.0 Å². The number of amides is 1. The Labute approximate surface area is 156 Å². The van der Waals surface area contributed by atoms with Gasteiger partial charge in [0.15, 0.2) is 0 Å². The molecule has 1 atom stereocenters. The zero-order chi connectivity index (χ0) is 19.5. The average Bonchev–Trinajstić information content (AvgIpc) is 2.57. The van der Waals surface area contributed by atoms with Crippen LogP contribution in [0.1, 0.15) is 35.2 Å². The molecule has 1 unspecified atom stereocenters. The highest BCUT2D eigenvalue weighted by atomic mass is 32.2. The molecule has 2 rings (SSSR count). The van der Waals surface area contributed by atoms with E-state index in [-0.39, 0.29) is 23.4 Å². The Kier molecular flexibility index (Phi) is 6.21. The topological polar surface area (TPSA) is 66.5 Å². The number of nitrogens with zero attached hydrogens (tertiary/aromatic N) is 1. The maximum absolute atomic E-state index is 12.6. The molecule has 0 aliphatic heterocycles. The number of hydrogen-bond acceptors (Lipinski definition) is 3. The van der Waals surface area contributed by atoms with E-state index in [0.717, 1.165) is 21.0 Å². The van der Waals surface area contributed by atoms with E-state index in [0.29, 0.717) is 0 Å². The molecule has 0 spiro atoms. The van der Waals surface area contributed by atoms with Gasteiger partial charge < -0.3 is 5.32 Å². The zero-order valence-corrected chi connectivity index (χ0v) is 16.7. The normalized spacial score (nSPS) is 12.8. The molecule has 0 aromatic heterocycles. The summed E-state index contributed by atoms with van der Waals surface area (Å²) in [6.07, 6.45) is 0. The highest BCUT2D eigenvalue weighted by Crippen LogP contribution is 2.18. The fraction of sp³-hybridized carbons (Fsp3) is 0.350. The van der Waals surface area contributed by atoms with E-state index in [1.54, 1.807) is 24.3 Å². The van der Waals surface area contributed by atoms with Crippen molar-refractivity contribution < 1.29 is 13.2 Å². The number of aryl methyl sites for hydroxylation is 3. The van der Waals surface area contributed by atoms with Gasteiger partial charge in [0, 0.05) is 7.05 Å². The lowest BCUT2D eigenvalue weighted by atomic mass is 10.0. The first-order chi connectivity index (χ1) is 12.1. The molecule has 0 saturated heterocycles. The van der Waals surface area contributed by atoms with Crippen LogP contribution in [0, 0.1) is 20.8 Å². The number of rotatable bonds is 6. The predicted molar refractivity (Wildman–Crippen MR) is 103 cm³/mol. The molecule has 0 aliphatic carbocycles. The molecule has 0 radical (unpaired) electrons. The van der Waals surface area contributed by atoms with Crippen LogP contribution in [0.15, 0.2) is 47.4 Å². The van der Waals surface area contributed by atoms with Crippen LogP contribution < -0.4 is 5.32 Å². The quantitative estimate of drug-likeness (QED) is 0.845. The second-order valence-corrected chi connectivity index (χ2v) is 8.75. The smallest absolute Gasteiger partial charge is 0.243 e. The van der Waals surface area contributed by atoms with Crippen LogP contribution in [0.2, 0.25) is 0 Å². The molecule has 2 aromatic rings. The van der Waals surface area contributed by atoms with Crippen molar-refractivity contribution in [2.45, 2.75) is 38.6 Å². The summed E-state index contributed by atoms with van der Waals surface area (Å²) in [6.45, 7) is 7.60. The van der Waals surface area contributed by atoms with Gasteiger partial charge in [-0.25, -0.2) is 8.42 Å². The lowest BCUT2D eigenvalue weighted by molar-refractivity contribution is -0.121. The van der Waals surface area contributed by atoms with Crippen molar-refractivity contribution in [3.8, 4) is 0 Å². The van der Waals surface area contributed by atoms with E-state index in [4.69, 9.17) is 0 Å². The van der Waals surface area contributed by atoms with Gasteiger partial charge in [0.05, 0.1) is 17.5 Å². The number of carbonyl (C=O) groups excluding carboxylic acids is 1. The van der Waals surface area contributed by atoms with Crippen LogP contribution in [0.3, 0.4) is 0 Å². The molecule has 0 saturated carbocycles. The number of carbonyl (C=O) groups is 1. The maximum Gasteiger partial charge on any atom is 0.243 e. The third-order valence-electron chi connectivity index (χ3n) is 4.50. The molecule has 5 nitrogen and oxygen atoms in total.